The van der Waals surface area contributed by atoms with Crippen LogP contribution in [0.25, 0.3) is 5.82 Å². The van der Waals surface area contributed by atoms with Gasteiger partial charge in [-0.05, 0) is 26.0 Å². The summed E-state index contributed by atoms with van der Waals surface area (Å²) < 4.78 is 1.58. The maximum atomic E-state index is 11.3. The number of hydrogen-bond donors (Lipinski definition) is 1. The third-order valence-electron chi connectivity index (χ3n) is 3.25. The van der Waals surface area contributed by atoms with Gasteiger partial charge in [-0.15, -0.1) is 0 Å². The van der Waals surface area contributed by atoms with Crippen molar-refractivity contribution in [1.82, 2.24) is 14.8 Å². The molecule has 21 heavy (non-hydrogen) atoms. The number of aryl methyl sites for hydroxylation is 1. The van der Waals surface area contributed by atoms with Crippen LogP contribution < -0.4 is 0 Å². The summed E-state index contributed by atoms with van der Waals surface area (Å²) in [5.41, 5.74) is 2.05. The molecule has 112 valence electrons. The van der Waals surface area contributed by atoms with Crippen LogP contribution in [0.4, 0.5) is 0 Å². The Bertz CT molecular complexity index is 714. The van der Waals surface area contributed by atoms with Crippen molar-refractivity contribution in [2.45, 2.75) is 40.0 Å². The van der Waals surface area contributed by atoms with Gasteiger partial charge >= 0.3 is 5.97 Å². The van der Waals surface area contributed by atoms with Gasteiger partial charge in [-0.1, -0.05) is 32.4 Å². The number of aromatic carboxylic acids is 1. The SMILES string of the molecule is Cc1nn(-c2cc(C(=O)O)cc(C(C)(C)C)n2)c(C)c1Cl. The maximum absolute atomic E-state index is 11.3. The molecule has 0 amide bonds. The maximum Gasteiger partial charge on any atom is 0.335 e. The van der Waals surface area contributed by atoms with Crippen LogP contribution in [0, 0.1) is 13.8 Å². The van der Waals surface area contributed by atoms with Crippen LogP contribution in [0.3, 0.4) is 0 Å². The number of nitrogens with zero attached hydrogens (tertiary/aromatic N) is 3. The van der Waals surface area contributed by atoms with Crippen LogP contribution in [-0.4, -0.2) is 25.8 Å². The zero-order valence-corrected chi connectivity index (χ0v) is 13.5. The number of halogens is 1. The van der Waals surface area contributed by atoms with Gasteiger partial charge in [-0.2, -0.15) is 5.10 Å². The minimum atomic E-state index is -0.989. The van der Waals surface area contributed by atoms with E-state index >= 15 is 0 Å². The van der Waals surface area contributed by atoms with Crippen molar-refractivity contribution in [3.8, 4) is 5.82 Å². The van der Waals surface area contributed by atoms with Gasteiger partial charge in [-0.3, -0.25) is 0 Å². The molecule has 2 aromatic heterocycles. The smallest absolute Gasteiger partial charge is 0.335 e. The molecule has 6 heteroatoms. The second kappa shape index (κ2) is 5.15. The predicted octanol–water partition coefficient (Wildman–Crippen LogP) is 3.53. The molecule has 2 heterocycles. The summed E-state index contributed by atoms with van der Waals surface area (Å²) in [4.78, 5) is 15.9. The van der Waals surface area contributed by atoms with Crippen molar-refractivity contribution in [2.24, 2.45) is 0 Å². The monoisotopic (exact) mass is 307 g/mol. The summed E-state index contributed by atoms with van der Waals surface area (Å²) in [6, 6.07) is 3.10. The number of carboxylic acids is 1. The van der Waals surface area contributed by atoms with Gasteiger partial charge in [0.25, 0.3) is 0 Å². The molecular weight excluding hydrogens is 290 g/mol. The predicted molar refractivity (Wildman–Crippen MR) is 81.5 cm³/mol. The fraction of sp³-hybridized carbons (Fsp3) is 0.400. The highest BCUT2D eigenvalue weighted by Crippen LogP contribution is 2.26. The van der Waals surface area contributed by atoms with Crippen molar-refractivity contribution in [3.63, 3.8) is 0 Å². The molecule has 1 N–H and O–H groups in total. The fourth-order valence-corrected chi connectivity index (χ4v) is 2.10. The number of pyridine rings is 1. The lowest BCUT2D eigenvalue weighted by Gasteiger charge is -2.19. The summed E-state index contributed by atoms with van der Waals surface area (Å²) in [5.74, 6) is -0.524. The Morgan fingerprint density at radius 3 is 2.33 bits per heavy atom. The Morgan fingerprint density at radius 1 is 1.29 bits per heavy atom. The van der Waals surface area contributed by atoms with E-state index < -0.39 is 5.97 Å². The quantitative estimate of drug-likeness (QED) is 0.921. The van der Waals surface area contributed by atoms with Gasteiger partial charge in [0.05, 0.1) is 22.0 Å². The van der Waals surface area contributed by atoms with Crippen LogP contribution in [0.1, 0.15) is 48.2 Å². The third kappa shape index (κ3) is 2.93. The first kappa shape index (κ1) is 15.5. The molecule has 0 atom stereocenters. The molecule has 0 spiro atoms. The second-order valence-electron chi connectivity index (χ2n) is 6.05. The number of carbonyl (C=O) groups is 1. The molecular formula is C15H18ClN3O2. The highest BCUT2D eigenvalue weighted by Gasteiger charge is 2.21. The number of hydrogen-bond acceptors (Lipinski definition) is 3. The van der Waals surface area contributed by atoms with Crippen LogP contribution >= 0.6 is 11.6 Å². The summed E-state index contributed by atoms with van der Waals surface area (Å²) in [5, 5.41) is 14.2. The Morgan fingerprint density at radius 2 is 1.90 bits per heavy atom. The first-order chi connectivity index (χ1) is 9.61. The molecule has 0 aromatic carbocycles. The minimum Gasteiger partial charge on any atom is -0.478 e. The van der Waals surface area contributed by atoms with E-state index in [2.05, 4.69) is 10.1 Å². The standard InChI is InChI=1S/C15H18ClN3O2/c1-8-13(16)9(2)19(18-8)12-7-10(14(20)21)6-11(17-12)15(3,4)5/h6-7H,1-5H3,(H,20,21). The Kier molecular flexibility index (Phi) is 3.80. The number of rotatable bonds is 2. The molecule has 0 radical (unpaired) electrons. The molecule has 0 saturated carbocycles. The van der Waals surface area contributed by atoms with E-state index in [1.807, 2.05) is 27.7 Å². The van der Waals surface area contributed by atoms with E-state index in [1.54, 1.807) is 17.7 Å². The molecule has 0 aliphatic heterocycles. The molecule has 0 fully saturated rings. The lowest BCUT2D eigenvalue weighted by atomic mass is 9.91. The highest BCUT2D eigenvalue weighted by atomic mass is 35.5. The van der Waals surface area contributed by atoms with Crippen LogP contribution in [0.5, 0.6) is 0 Å². The largest absolute Gasteiger partial charge is 0.478 e. The Hall–Kier alpha value is -1.88. The zero-order chi connectivity index (χ0) is 15.9. The topological polar surface area (TPSA) is 68.0 Å². The average Bonchev–Trinajstić information content (AvgIpc) is 2.65. The molecule has 0 aliphatic rings. The summed E-state index contributed by atoms with van der Waals surface area (Å²) >= 11 is 6.15. The van der Waals surface area contributed by atoms with Gasteiger partial charge in [0, 0.05) is 11.1 Å². The highest BCUT2D eigenvalue weighted by molar-refractivity contribution is 6.31. The molecule has 5 nitrogen and oxygen atoms in total. The first-order valence-corrected chi connectivity index (χ1v) is 6.97. The number of aromatic nitrogens is 3. The third-order valence-corrected chi connectivity index (χ3v) is 3.79. The minimum absolute atomic E-state index is 0.189. The van der Waals surface area contributed by atoms with Crippen molar-refractivity contribution >= 4 is 17.6 Å². The van der Waals surface area contributed by atoms with Gasteiger partial charge in [0.15, 0.2) is 5.82 Å². The Labute approximate surface area is 128 Å². The summed E-state index contributed by atoms with van der Waals surface area (Å²) in [7, 11) is 0. The average molecular weight is 308 g/mol. The van der Waals surface area contributed by atoms with Gasteiger partial charge in [0.1, 0.15) is 0 Å². The van der Waals surface area contributed by atoms with Gasteiger partial charge in [0.2, 0.25) is 0 Å². The van der Waals surface area contributed by atoms with E-state index in [1.165, 1.54) is 6.07 Å². The molecule has 0 bridgehead atoms. The van der Waals surface area contributed by atoms with Crippen molar-refractivity contribution in [3.05, 3.63) is 39.8 Å². The number of carboxylic acid groups (broad SMARTS) is 1. The molecule has 2 aromatic rings. The summed E-state index contributed by atoms with van der Waals surface area (Å²) in [6.07, 6.45) is 0. The molecule has 2 rings (SSSR count). The second-order valence-corrected chi connectivity index (χ2v) is 6.43. The van der Waals surface area contributed by atoms with Crippen molar-refractivity contribution in [1.29, 1.82) is 0 Å². The zero-order valence-electron chi connectivity index (χ0n) is 12.7. The first-order valence-electron chi connectivity index (χ1n) is 6.59. The van der Waals surface area contributed by atoms with Gasteiger partial charge < -0.3 is 5.11 Å². The van der Waals surface area contributed by atoms with E-state index in [-0.39, 0.29) is 11.0 Å². The summed E-state index contributed by atoms with van der Waals surface area (Å²) in [6.45, 7) is 9.59. The molecule has 0 aliphatic carbocycles. The van der Waals surface area contributed by atoms with Crippen molar-refractivity contribution < 1.29 is 9.90 Å². The normalized spacial score (nSPS) is 11.7. The fourth-order valence-electron chi connectivity index (χ4n) is 1.98. The van der Waals surface area contributed by atoms with Crippen molar-refractivity contribution in [2.75, 3.05) is 0 Å². The van der Waals surface area contributed by atoms with E-state index in [0.717, 1.165) is 5.69 Å². The lowest BCUT2D eigenvalue weighted by Crippen LogP contribution is -2.17. The van der Waals surface area contributed by atoms with Gasteiger partial charge in [-0.25, -0.2) is 14.5 Å². The molecule has 0 saturated heterocycles. The molecule has 0 unspecified atom stereocenters. The lowest BCUT2D eigenvalue weighted by molar-refractivity contribution is 0.0696. The van der Waals surface area contributed by atoms with Crippen LogP contribution in [-0.2, 0) is 5.41 Å². The van der Waals surface area contributed by atoms with Crippen LogP contribution in [0.15, 0.2) is 12.1 Å². The van der Waals surface area contributed by atoms with Crippen LogP contribution in [0.2, 0.25) is 5.02 Å². The Balaban J connectivity index is 2.71. The van der Waals surface area contributed by atoms with E-state index in [0.29, 0.717) is 22.2 Å². The van der Waals surface area contributed by atoms with E-state index in [4.69, 9.17) is 11.6 Å². The van der Waals surface area contributed by atoms with E-state index in [9.17, 15) is 9.90 Å².